The molecule has 1 saturated heterocycles. The second kappa shape index (κ2) is 12.0. The number of anilines is 1. The van der Waals surface area contributed by atoms with Gasteiger partial charge in [-0.05, 0) is 54.7 Å². The van der Waals surface area contributed by atoms with Gasteiger partial charge >= 0.3 is 0 Å². The van der Waals surface area contributed by atoms with Crippen molar-refractivity contribution in [1.82, 2.24) is 19.8 Å². The van der Waals surface area contributed by atoms with Crippen LogP contribution < -0.4 is 10.1 Å². The molecule has 2 aliphatic rings. The van der Waals surface area contributed by atoms with Crippen molar-refractivity contribution in [2.75, 3.05) is 31.5 Å². The molecule has 0 saturated carbocycles. The predicted octanol–water partition coefficient (Wildman–Crippen LogP) is 2.98. The summed E-state index contributed by atoms with van der Waals surface area (Å²) in [6.45, 7) is 7.37. The lowest BCUT2D eigenvalue weighted by molar-refractivity contribution is -0.132. The van der Waals surface area contributed by atoms with Gasteiger partial charge in [0.1, 0.15) is 18.2 Å². The van der Waals surface area contributed by atoms with Crippen molar-refractivity contribution in [1.29, 1.82) is 0 Å². The number of hydrogen-bond acceptors (Lipinski definition) is 9. The van der Waals surface area contributed by atoms with Crippen LogP contribution in [-0.2, 0) is 24.4 Å². The van der Waals surface area contributed by atoms with Gasteiger partial charge in [-0.25, -0.2) is 9.97 Å². The van der Waals surface area contributed by atoms with Crippen LogP contribution in [0.15, 0.2) is 47.5 Å². The average Bonchev–Trinajstić information content (AvgIpc) is 3.42. The molecule has 2 N–H and O–H groups in total. The van der Waals surface area contributed by atoms with Crippen LogP contribution in [0.4, 0.5) is 5.82 Å². The minimum Gasteiger partial charge on any atom is -0.485 e. The van der Waals surface area contributed by atoms with Gasteiger partial charge in [-0.3, -0.25) is 14.5 Å². The maximum atomic E-state index is 12.8. The number of Topliss-reactive ketones (excluding diaryl/α,β-unsaturated/α-hetero) is 1. The predicted molar refractivity (Wildman–Crippen MR) is 144 cm³/mol. The number of carbonyl (C=O) groups excluding carboxylic acids is 2. The van der Waals surface area contributed by atoms with Gasteiger partial charge < -0.3 is 24.5 Å². The number of pyridine rings is 1. The highest BCUT2D eigenvalue weighted by atomic mass is 16.5. The molecular formula is C29H35N5O5. The zero-order valence-electron chi connectivity index (χ0n) is 22.4. The molecule has 0 bridgehead atoms. The summed E-state index contributed by atoms with van der Waals surface area (Å²) in [5.74, 6) is 2.20. The number of fused-ring (bicyclic) bond motifs is 1. The van der Waals surface area contributed by atoms with Crippen LogP contribution in [-0.4, -0.2) is 74.9 Å². The monoisotopic (exact) mass is 533 g/mol. The van der Waals surface area contributed by atoms with Crippen molar-refractivity contribution in [3.8, 4) is 5.75 Å². The molecule has 206 valence electrons. The number of aliphatic hydroxyl groups excluding tert-OH is 1. The lowest BCUT2D eigenvalue weighted by Gasteiger charge is -2.39. The Kier molecular flexibility index (Phi) is 8.23. The van der Waals surface area contributed by atoms with E-state index in [9.17, 15) is 14.7 Å². The van der Waals surface area contributed by atoms with E-state index in [1.165, 1.54) is 17.5 Å². The second-order valence-electron chi connectivity index (χ2n) is 10.4. The van der Waals surface area contributed by atoms with Gasteiger partial charge in [0.25, 0.3) is 0 Å². The third kappa shape index (κ3) is 6.63. The van der Waals surface area contributed by atoms with Crippen LogP contribution in [0.1, 0.15) is 52.6 Å². The SMILES string of the molecule is CC(=O)N1CC(Nc2cc(C(=O)CC[C@H](O)CN3CCc4c(ccc(OCc5cnco5)c4C)C3)ccn2)C1. The summed E-state index contributed by atoms with van der Waals surface area (Å²) in [6.07, 6.45) is 5.62. The van der Waals surface area contributed by atoms with E-state index in [1.54, 1.807) is 36.4 Å². The van der Waals surface area contributed by atoms with Crippen LogP contribution in [0.25, 0.3) is 0 Å². The number of β-amino-alcohol motifs (C(OH)–C–C–N with tert-alkyl or cyclic N) is 1. The fourth-order valence-corrected chi connectivity index (χ4v) is 5.20. The van der Waals surface area contributed by atoms with E-state index in [1.807, 2.05) is 6.07 Å². The number of hydrogen-bond donors (Lipinski definition) is 2. The van der Waals surface area contributed by atoms with Crippen LogP contribution >= 0.6 is 0 Å². The van der Waals surface area contributed by atoms with E-state index in [-0.39, 0.29) is 24.2 Å². The molecule has 0 aliphatic carbocycles. The Morgan fingerprint density at radius 3 is 2.90 bits per heavy atom. The number of nitrogens with zero attached hydrogens (tertiary/aromatic N) is 4. The van der Waals surface area contributed by atoms with Crippen molar-refractivity contribution in [2.45, 2.75) is 58.4 Å². The van der Waals surface area contributed by atoms with Crippen molar-refractivity contribution in [3.05, 3.63) is 71.1 Å². The van der Waals surface area contributed by atoms with E-state index in [0.717, 1.165) is 30.8 Å². The Bertz CT molecular complexity index is 1310. The van der Waals surface area contributed by atoms with E-state index in [2.05, 4.69) is 33.2 Å². The standard InChI is InChI=1S/C29H35N5O5/c1-19-26-8-10-33(13-22(26)3-6-28(19)38-17-25-12-30-18-39-25)16-24(36)4-5-27(37)21-7-9-31-29(11-21)32-23-14-34(15-23)20(2)35/h3,6-7,9,11-12,18,23-24,36H,4-5,8,10,13-17H2,1-2H3,(H,31,32)/t24-/m0/s1. The van der Waals surface area contributed by atoms with E-state index < -0.39 is 6.10 Å². The number of ketones is 1. The summed E-state index contributed by atoms with van der Waals surface area (Å²) in [7, 11) is 0. The highest BCUT2D eigenvalue weighted by Crippen LogP contribution is 2.30. The summed E-state index contributed by atoms with van der Waals surface area (Å²) in [5.41, 5.74) is 4.25. The van der Waals surface area contributed by atoms with Crippen LogP contribution in [0, 0.1) is 6.92 Å². The first kappa shape index (κ1) is 26.8. The highest BCUT2D eigenvalue weighted by Gasteiger charge is 2.28. The third-order valence-corrected chi connectivity index (χ3v) is 7.51. The average molecular weight is 534 g/mol. The fraction of sp³-hybridized carbons (Fsp3) is 0.448. The summed E-state index contributed by atoms with van der Waals surface area (Å²) < 4.78 is 11.2. The number of likely N-dealkylation sites (tertiary alicyclic amines) is 1. The van der Waals surface area contributed by atoms with Gasteiger partial charge in [-0.2, -0.15) is 0 Å². The minimum atomic E-state index is -0.590. The number of amides is 1. The molecule has 1 aromatic carbocycles. The number of carbonyl (C=O) groups is 2. The number of rotatable bonds is 11. The molecule has 1 atom stereocenters. The maximum Gasteiger partial charge on any atom is 0.219 e. The molecular weight excluding hydrogens is 498 g/mol. The molecule has 0 spiro atoms. The molecule has 3 aromatic rings. The molecule has 1 amide bonds. The van der Waals surface area contributed by atoms with Crippen molar-refractivity contribution >= 4 is 17.5 Å². The van der Waals surface area contributed by atoms with Crippen LogP contribution in [0.3, 0.4) is 0 Å². The molecule has 39 heavy (non-hydrogen) atoms. The third-order valence-electron chi connectivity index (χ3n) is 7.51. The first-order valence-corrected chi connectivity index (χ1v) is 13.4. The summed E-state index contributed by atoms with van der Waals surface area (Å²) in [4.78, 5) is 36.4. The van der Waals surface area contributed by atoms with Gasteiger partial charge in [0.15, 0.2) is 17.9 Å². The molecule has 2 aromatic heterocycles. The van der Waals surface area contributed by atoms with Crippen LogP contribution in [0.2, 0.25) is 0 Å². The Hall–Kier alpha value is -3.76. The number of ether oxygens (including phenoxy) is 1. The summed E-state index contributed by atoms with van der Waals surface area (Å²) >= 11 is 0. The van der Waals surface area contributed by atoms with E-state index in [4.69, 9.17) is 9.15 Å². The van der Waals surface area contributed by atoms with Crippen molar-refractivity contribution in [3.63, 3.8) is 0 Å². The topological polar surface area (TPSA) is 121 Å². The molecule has 1 fully saturated rings. The first-order chi connectivity index (χ1) is 18.9. The molecule has 0 radical (unpaired) electrons. The number of aliphatic hydroxyl groups is 1. The number of benzene rings is 1. The van der Waals surface area contributed by atoms with Gasteiger partial charge in [0.2, 0.25) is 5.91 Å². The Labute approximate surface area is 228 Å². The Morgan fingerprint density at radius 1 is 1.28 bits per heavy atom. The number of oxazole rings is 1. The normalized spacial score (nSPS) is 16.3. The van der Waals surface area contributed by atoms with Gasteiger partial charge in [-0.1, -0.05) is 6.07 Å². The molecule has 4 heterocycles. The lowest BCUT2D eigenvalue weighted by atomic mass is 9.94. The van der Waals surface area contributed by atoms with Crippen LogP contribution in [0.5, 0.6) is 5.75 Å². The highest BCUT2D eigenvalue weighted by molar-refractivity contribution is 5.96. The molecule has 10 nitrogen and oxygen atoms in total. The van der Waals surface area contributed by atoms with Crippen molar-refractivity contribution < 1.29 is 23.8 Å². The van der Waals surface area contributed by atoms with Gasteiger partial charge in [0, 0.05) is 57.8 Å². The summed E-state index contributed by atoms with van der Waals surface area (Å²) in [6, 6.07) is 7.68. The van der Waals surface area contributed by atoms with E-state index >= 15 is 0 Å². The van der Waals surface area contributed by atoms with Gasteiger partial charge in [-0.15, -0.1) is 0 Å². The molecule has 5 rings (SSSR count). The van der Waals surface area contributed by atoms with Gasteiger partial charge in [0.05, 0.1) is 18.3 Å². The second-order valence-corrected chi connectivity index (χ2v) is 10.4. The first-order valence-electron chi connectivity index (χ1n) is 13.4. The minimum absolute atomic E-state index is 0.0176. The molecule has 10 heteroatoms. The van der Waals surface area contributed by atoms with Crippen molar-refractivity contribution in [2.24, 2.45) is 0 Å². The quantitative estimate of drug-likeness (QED) is 0.358. The molecule has 2 aliphatic heterocycles. The number of aromatic nitrogens is 2. The summed E-state index contributed by atoms with van der Waals surface area (Å²) in [5, 5.41) is 14.0. The zero-order valence-corrected chi connectivity index (χ0v) is 22.4. The smallest absolute Gasteiger partial charge is 0.219 e. The lowest BCUT2D eigenvalue weighted by Crippen LogP contribution is -2.56. The zero-order chi connectivity index (χ0) is 27.4. The Morgan fingerprint density at radius 2 is 2.13 bits per heavy atom. The molecule has 0 unspecified atom stereocenters. The Balaban J connectivity index is 1.08. The number of nitrogens with one attached hydrogen (secondary N) is 1. The fourth-order valence-electron chi connectivity index (χ4n) is 5.20. The maximum absolute atomic E-state index is 12.8. The largest absolute Gasteiger partial charge is 0.485 e. The van der Waals surface area contributed by atoms with E-state index in [0.29, 0.717) is 49.8 Å².